The summed E-state index contributed by atoms with van der Waals surface area (Å²) in [6.45, 7) is 4.17. The zero-order valence-corrected chi connectivity index (χ0v) is 17.5. The second-order valence-electron chi connectivity index (χ2n) is 6.98. The zero-order chi connectivity index (χ0) is 20.8. The van der Waals surface area contributed by atoms with Crippen molar-refractivity contribution >= 4 is 34.3 Å². The van der Waals surface area contributed by atoms with Gasteiger partial charge in [0.1, 0.15) is 28.2 Å². The van der Waals surface area contributed by atoms with Crippen molar-refractivity contribution in [3.05, 3.63) is 45.2 Å². The molecule has 152 valence electrons. The SMILES string of the molecule is CCCCOC(=O)c1c(NC(=O)C(C#N)=Cc2ccc(C)o2)sc2c1CCCC2. The van der Waals surface area contributed by atoms with Crippen LogP contribution in [0, 0.1) is 18.3 Å². The fourth-order valence-electron chi connectivity index (χ4n) is 3.24. The molecule has 0 unspecified atom stereocenters. The average molecular weight is 413 g/mol. The first-order valence-corrected chi connectivity index (χ1v) is 10.7. The fraction of sp³-hybridized carbons (Fsp3) is 0.409. The number of anilines is 1. The highest BCUT2D eigenvalue weighted by Crippen LogP contribution is 2.38. The van der Waals surface area contributed by atoms with E-state index in [1.807, 2.05) is 13.0 Å². The maximum absolute atomic E-state index is 12.7. The maximum Gasteiger partial charge on any atom is 0.341 e. The number of esters is 1. The number of amides is 1. The molecule has 1 aliphatic carbocycles. The summed E-state index contributed by atoms with van der Waals surface area (Å²) < 4.78 is 10.8. The third-order valence-electron chi connectivity index (χ3n) is 4.75. The van der Waals surface area contributed by atoms with E-state index in [1.165, 1.54) is 17.4 Å². The summed E-state index contributed by atoms with van der Waals surface area (Å²) in [7, 11) is 0. The molecule has 1 amide bonds. The molecule has 0 saturated heterocycles. The highest BCUT2D eigenvalue weighted by atomic mass is 32.1. The van der Waals surface area contributed by atoms with Crippen molar-refractivity contribution in [3.8, 4) is 6.07 Å². The summed E-state index contributed by atoms with van der Waals surface area (Å²) in [6.07, 6.45) is 6.88. The molecule has 2 aromatic heterocycles. The molecule has 2 heterocycles. The van der Waals surface area contributed by atoms with E-state index in [2.05, 4.69) is 5.32 Å². The van der Waals surface area contributed by atoms with Crippen LogP contribution in [-0.2, 0) is 22.4 Å². The van der Waals surface area contributed by atoms with Gasteiger partial charge in [-0.05, 0) is 56.7 Å². The van der Waals surface area contributed by atoms with Gasteiger partial charge in [-0.15, -0.1) is 11.3 Å². The molecule has 0 bridgehead atoms. The quantitative estimate of drug-likeness (QED) is 0.298. The Morgan fingerprint density at radius 2 is 2.14 bits per heavy atom. The van der Waals surface area contributed by atoms with Crippen molar-refractivity contribution in [3.63, 3.8) is 0 Å². The lowest BCUT2D eigenvalue weighted by Gasteiger charge is -2.12. The molecule has 0 aliphatic heterocycles. The normalized spacial score (nSPS) is 13.5. The monoisotopic (exact) mass is 412 g/mol. The van der Waals surface area contributed by atoms with Gasteiger partial charge in [-0.3, -0.25) is 4.79 Å². The Balaban J connectivity index is 1.86. The fourth-order valence-corrected chi connectivity index (χ4v) is 4.52. The van der Waals surface area contributed by atoms with E-state index in [0.29, 0.717) is 28.7 Å². The maximum atomic E-state index is 12.7. The van der Waals surface area contributed by atoms with Crippen molar-refractivity contribution in [1.29, 1.82) is 5.26 Å². The standard InChI is InChI=1S/C22H24N2O4S/c1-3-4-11-27-22(26)19-17-7-5-6-8-18(17)29-21(19)24-20(25)15(13-23)12-16-10-9-14(2)28-16/h9-10,12H,3-8,11H2,1-2H3,(H,24,25). The van der Waals surface area contributed by atoms with E-state index in [1.54, 1.807) is 19.1 Å². The van der Waals surface area contributed by atoms with E-state index >= 15 is 0 Å². The molecule has 0 spiro atoms. The number of ether oxygens (including phenoxy) is 1. The summed E-state index contributed by atoms with van der Waals surface area (Å²) in [4.78, 5) is 26.5. The van der Waals surface area contributed by atoms with E-state index in [-0.39, 0.29) is 5.57 Å². The molecular formula is C22H24N2O4S. The largest absolute Gasteiger partial charge is 0.462 e. The van der Waals surface area contributed by atoms with Crippen molar-refractivity contribution in [1.82, 2.24) is 0 Å². The molecule has 7 heteroatoms. The third kappa shape index (κ3) is 4.96. The molecular weight excluding hydrogens is 388 g/mol. The Labute approximate surface area is 174 Å². The molecule has 3 rings (SSSR count). The number of hydrogen-bond donors (Lipinski definition) is 1. The topological polar surface area (TPSA) is 92.3 Å². The molecule has 1 N–H and O–H groups in total. The number of carbonyl (C=O) groups excluding carboxylic acids is 2. The lowest BCUT2D eigenvalue weighted by Crippen LogP contribution is -2.17. The molecule has 0 radical (unpaired) electrons. The number of aryl methyl sites for hydroxylation is 2. The van der Waals surface area contributed by atoms with Gasteiger partial charge in [-0.1, -0.05) is 13.3 Å². The Kier molecular flexibility index (Phi) is 6.89. The Morgan fingerprint density at radius 3 is 2.83 bits per heavy atom. The van der Waals surface area contributed by atoms with Crippen molar-refractivity contribution in [2.24, 2.45) is 0 Å². The van der Waals surface area contributed by atoms with Crippen LogP contribution in [0.3, 0.4) is 0 Å². The van der Waals surface area contributed by atoms with Gasteiger partial charge in [0.05, 0.1) is 12.2 Å². The molecule has 6 nitrogen and oxygen atoms in total. The highest BCUT2D eigenvalue weighted by molar-refractivity contribution is 7.17. The smallest absolute Gasteiger partial charge is 0.341 e. The minimum Gasteiger partial charge on any atom is -0.462 e. The van der Waals surface area contributed by atoms with Gasteiger partial charge in [0, 0.05) is 11.0 Å². The van der Waals surface area contributed by atoms with E-state index < -0.39 is 11.9 Å². The first-order chi connectivity index (χ1) is 14.0. The molecule has 2 aromatic rings. The Bertz CT molecular complexity index is 978. The second-order valence-corrected chi connectivity index (χ2v) is 8.08. The highest BCUT2D eigenvalue weighted by Gasteiger charge is 2.28. The van der Waals surface area contributed by atoms with Crippen LogP contribution in [0.2, 0.25) is 0 Å². The molecule has 1 aliphatic rings. The average Bonchev–Trinajstić information content (AvgIpc) is 3.28. The van der Waals surface area contributed by atoms with E-state index in [0.717, 1.165) is 49.0 Å². The molecule has 0 fully saturated rings. The number of thiophene rings is 1. The second kappa shape index (κ2) is 9.57. The van der Waals surface area contributed by atoms with E-state index in [9.17, 15) is 14.9 Å². The minimum atomic E-state index is -0.567. The van der Waals surface area contributed by atoms with Gasteiger partial charge < -0.3 is 14.5 Å². The molecule has 0 atom stereocenters. The summed E-state index contributed by atoms with van der Waals surface area (Å²) in [5.74, 6) is 0.149. The van der Waals surface area contributed by atoms with Gasteiger partial charge in [-0.25, -0.2) is 4.79 Å². The van der Waals surface area contributed by atoms with Gasteiger partial charge in [0.2, 0.25) is 0 Å². The number of furan rings is 1. The van der Waals surface area contributed by atoms with E-state index in [4.69, 9.17) is 9.15 Å². The van der Waals surface area contributed by atoms with Gasteiger partial charge in [0.15, 0.2) is 0 Å². The summed E-state index contributed by atoms with van der Waals surface area (Å²) >= 11 is 1.40. The summed E-state index contributed by atoms with van der Waals surface area (Å²) in [6, 6.07) is 5.36. The predicted molar refractivity (Wildman–Crippen MR) is 112 cm³/mol. The third-order valence-corrected chi connectivity index (χ3v) is 5.95. The van der Waals surface area contributed by atoms with Crippen LogP contribution in [0.25, 0.3) is 6.08 Å². The van der Waals surface area contributed by atoms with Crippen LogP contribution in [0.15, 0.2) is 22.1 Å². The van der Waals surface area contributed by atoms with Crippen LogP contribution < -0.4 is 5.32 Å². The Hall–Kier alpha value is -2.85. The first kappa shape index (κ1) is 20.9. The number of nitrogens with zero attached hydrogens (tertiary/aromatic N) is 1. The van der Waals surface area contributed by atoms with Crippen LogP contribution in [-0.4, -0.2) is 18.5 Å². The van der Waals surface area contributed by atoms with Crippen LogP contribution in [0.4, 0.5) is 5.00 Å². The number of nitrogens with one attached hydrogen (secondary N) is 1. The van der Waals surface area contributed by atoms with Crippen molar-refractivity contribution in [2.75, 3.05) is 11.9 Å². The predicted octanol–water partition coefficient (Wildman–Crippen LogP) is 5.03. The summed E-state index contributed by atoms with van der Waals surface area (Å²) in [5.41, 5.74) is 1.33. The molecule has 0 aromatic carbocycles. The Morgan fingerprint density at radius 1 is 1.34 bits per heavy atom. The van der Waals surface area contributed by atoms with Crippen molar-refractivity contribution < 1.29 is 18.7 Å². The van der Waals surface area contributed by atoms with Crippen molar-refractivity contribution in [2.45, 2.75) is 52.4 Å². The lowest BCUT2D eigenvalue weighted by molar-refractivity contribution is -0.112. The van der Waals surface area contributed by atoms with Crippen LogP contribution in [0.5, 0.6) is 0 Å². The number of nitriles is 1. The lowest BCUT2D eigenvalue weighted by atomic mass is 9.95. The van der Waals surface area contributed by atoms with Gasteiger partial charge >= 0.3 is 5.97 Å². The first-order valence-electron chi connectivity index (χ1n) is 9.84. The minimum absolute atomic E-state index is 0.0870. The number of carbonyl (C=O) groups is 2. The number of hydrogen-bond acceptors (Lipinski definition) is 6. The number of rotatable bonds is 7. The van der Waals surface area contributed by atoms with Gasteiger partial charge in [0.25, 0.3) is 5.91 Å². The number of unbranched alkanes of at least 4 members (excludes halogenated alkanes) is 1. The van der Waals surface area contributed by atoms with Gasteiger partial charge in [-0.2, -0.15) is 5.26 Å². The van der Waals surface area contributed by atoms with Crippen LogP contribution >= 0.6 is 11.3 Å². The summed E-state index contributed by atoms with van der Waals surface area (Å²) in [5, 5.41) is 12.6. The molecule has 29 heavy (non-hydrogen) atoms. The number of fused-ring (bicyclic) bond motifs is 1. The zero-order valence-electron chi connectivity index (χ0n) is 16.7. The molecule has 0 saturated carbocycles. The van der Waals surface area contributed by atoms with Crippen LogP contribution in [0.1, 0.15) is 64.9 Å².